The Labute approximate surface area is 123 Å². The molecule has 0 unspecified atom stereocenters. The van der Waals surface area contributed by atoms with E-state index in [1.54, 1.807) is 29.3 Å². The second kappa shape index (κ2) is 6.19. The largest absolute Gasteiger partial charge is 0.336 e. The average Bonchev–Trinajstić information content (AvgIpc) is 2.97. The SMILES string of the molecule is NCCCN1CCN(C(=O)c2cnn3ccncc23)CC1. The van der Waals surface area contributed by atoms with Crippen LogP contribution in [0.15, 0.2) is 24.8 Å². The smallest absolute Gasteiger partial charge is 0.257 e. The van der Waals surface area contributed by atoms with Crippen molar-refractivity contribution in [2.24, 2.45) is 5.73 Å². The van der Waals surface area contributed by atoms with Crippen molar-refractivity contribution in [3.63, 3.8) is 0 Å². The normalized spacial score (nSPS) is 16.5. The van der Waals surface area contributed by atoms with Gasteiger partial charge in [-0.25, -0.2) is 4.52 Å². The number of amides is 1. The Morgan fingerprint density at radius 2 is 2.05 bits per heavy atom. The maximum absolute atomic E-state index is 12.6. The van der Waals surface area contributed by atoms with Crippen LogP contribution in [0.3, 0.4) is 0 Å². The number of nitrogens with two attached hydrogens (primary N) is 1. The summed E-state index contributed by atoms with van der Waals surface area (Å²) in [6.07, 6.45) is 7.72. The highest BCUT2D eigenvalue weighted by molar-refractivity contribution is 6.00. The quantitative estimate of drug-likeness (QED) is 0.845. The number of carbonyl (C=O) groups is 1. The molecule has 0 atom stereocenters. The Hall–Kier alpha value is -1.99. The summed E-state index contributed by atoms with van der Waals surface area (Å²) in [5.74, 6) is 0.0384. The monoisotopic (exact) mass is 288 g/mol. The van der Waals surface area contributed by atoms with Crippen LogP contribution >= 0.6 is 0 Å². The van der Waals surface area contributed by atoms with Crippen LogP contribution in [0, 0.1) is 0 Å². The number of hydrogen-bond acceptors (Lipinski definition) is 5. The number of rotatable bonds is 4. The van der Waals surface area contributed by atoms with E-state index in [9.17, 15) is 4.79 Å². The standard InChI is InChI=1S/C14H20N6O/c15-2-1-4-18-6-8-19(9-7-18)14(21)12-10-17-20-5-3-16-11-13(12)20/h3,5,10-11H,1-2,4,6-9,15H2. The zero-order chi connectivity index (χ0) is 14.7. The number of carbonyl (C=O) groups excluding carboxylic acids is 1. The molecular weight excluding hydrogens is 268 g/mol. The molecule has 1 saturated heterocycles. The molecule has 1 aliphatic heterocycles. The van der Waals surface area contributed by atoms with Crippen molar-refractivity contribution < 1.29 is 4.79 Å². The zero-order valence-electron chi connectivity index (χ0n) is 12.0. The molecule has 7 heteroatoms. The first kappa shape index (κ1) is 14.0. The topological polar surface area (TPSA) is 79.8 Å². The fourth-order valence-electron chi connectivity index (χ4n) is 2.66. The molecule has 0 bridgehead atoms. The Kier molecular flexibility index (Phi) is 4.12. The molecule has 0 spiro atoms. The van der Waals surface area contributed by atoms with Gasteiger partial charge in [-0.1, -0.05) is 0 Å². The van der Waals surface area contributed by atoms with Crippen molar-refractivity contribution in [2.45, 2.75) is 6.42 Å². The third kappa shape index (κ3) is 2.88. The molecule has 112 valence electrons. The summed E-state index contributed by atoms with van der Waals surface area (Å²) in [5, 5.41) is 4.19. The molecule has 2 aromatic rings. The third-order valence-electron chi connectivity index (χ3n) is 3.89. The second-order valence-corrected chi connectivity index (χ2v) is 5.24. The second-order valence-electron chi connectivity index (χ2n) is 5.24. The summed E-state index contributed by atoms with van der Waals surface area (Å²) < 4.78 is 1.68. The number of hydrogen-bond donors (Lipinski definition) is 1. The van der Waals surface area contributed by atoms with Gasteiger partial charge < -0.3 is 10.6 Å². The summed E-state index contributed by atoms with van der Waals surface area (Å²) in [6, 6.07) is 0. The molecule has 7 nitrogen and oxygen atoms in total. The van der Waals surface area contributed by atoms with Crippen LogP contribution in [-0.4, -0.2) is 69.6 Å². The fourth-order valence-corrected chi connectivity index (χ4v) is 2.66. The number of aromatic nitrogens is 3. The lowest BCUT2D eigenvalue weighted by Gasteiger charge is -2.34. The molecule has 2 aromatic heterocycles. The highest BCUT2D eigenvalue weighted by atomic mass is 16.2. The Balaban J connectivity index is 1.67. The number of nitrogens with zero attached hydrogens (tertiary/aromatic N) is 5. The first-order valence-electron chi connectivity index (χ1n) is 7.28. The third-order valence-corrected chi connectivity index (χ3v) is 3.89. The van der Waals surface area contributed by atoms with E-state index >= 15 is 0 Å². The molecule has 0 radical (unpaired) electrons. The van der Waals surface area contributed by atoms with Crippen LogP contribution in [0.25, 0.3) is 5.52 Å². The minimum absolute atomic E-state index is 0.0384. The molecule has 1 amide bonds. The Morgan fingerprint density at radius 3 is 2.81 bits per heavy atom. The first-order valence-corrected chi connectivity index (χ1v) is 7.28. The highest BCUT2D eigenvalue weighted by Gasteiger charge is 2.24. The van der Waals surface area contributed by atoms with Gasteiger partial charge in [0, 0.05) is 38.6 Å². The summed E-state index contributed by atoms with van der Waals surface area (Å²) in [4.78, 5) is 20.9. The van der Waals surface area contributed by atoms with Gasteiger partial charge in [0.15, 0.2) is 0 Å². The van der Waals surface area contributed by atoms with Crippen molar-refractivity contribution in [1.82, 2.24) is 24.4 Å². The van der Waals surface area contributed by atoms with Crippen LogP contribution < -0.4 is 5.73 Å². The van der Waals surface area contributed by atoms with Crippen molar-refractivity contribution in [3.05, 3.63) is 30.4 Å². The van der Waals surface area contributed by atoms with E-state index in [2.05, 4.69) is 15.0 Å². The lowest BCUT2D eigenvalue weighted by atomic mass is 10.2. The van der Waals surface area contributed by atoms with Crippen LogP contribution in [0.5, 0.6) is 0 Å². The van der Waals surface area contributed by atoms with E-state index in [-0.39, 0.29) is 5.91 Å². The molecule has 21 heavy (non-hydrogen) atoms. The summed E-state index contributed by atoms with van der Waals surface area (Å²) in [6.45, 7) is 5.04. The fraction of sp³-hybridized carbons (Fsp3) is 0.500. The van der Waals surface area contributed by atoms with Gasteiger partial charge in [-0.05, 0) is 19.5 Å². The van der Waals surface area contributed by atoms with E-state index in [1.165, 1.54) is 0 Å². The molecule has 1 aliphatic rings. The van der Waals surface area contributed by atoms with E-state index < -0.39 is 0 Å². The number of fused-ring (bicyclic) bond motifs is 1. The predicted octanol–water partition coefficient (Wildman–Crippen LogP) is -0.164. The van der Waals surface area contributed by atoms with Gasteiger partial charge in [0.25, 0.3) is 5.91 Å². The first-order chi connectivity index (χ1) is 10.3. The highest BCUT2D eigenvalue weighted by Crippen LogP contribution is 2.13. The molecule has 1 fully saturated rings. The zero-order valence-corrected chi connectivity index (χ0v) is 12.0. The van der Waals surface area contributed by atoms with Crippen molar-refractivity contribution in [1.29, 1.82) is 0 Å². The lowest BCUT2D eigenvalue weighted by Crippen LogP contribution is -2.49. The van der Waals surface area contributed by atoms with Crippen molar-refractivity contribution in [2.75, 3.05) is 39.3 Å². The summed E-state index contributed by atoms with van der Waals surface area (Å²) in [7, 11) is 0. The van der Waals surface area contributed by atoms with Crippen LogP contribution in [0.1, 0.15) is 16.8 Å². The van der Waals surface area contributed by atoms with E-state index in [0.717, 1.165) is 44.7 Å². The van der Waals surface area contributed by atoms with Gasteiger partial charge in [-0.15, -0.1) is 0 Å². The summed E-state index contributed by atoms with van der Waals surface area (Å²) in [5.41, 5.74) is 6.91. The summed E-state index contributed by atoms with van der Waals surface area (Å²) >= 11 is 0. The maximum Gasteiger partial charge on any atom is 0.257 e. The van der Waals surface area contributed by atoms with Gasteiger partial charge in [-0.2, -0.15) is 5.10 Å². The number of piperazine rings is 1. The van der Waals surface area contributed by atoms with Gasteiger partial charge >= 0.3 is 0 Å². The van der Waals surface area contributed by atoms with E-state index in [1.807, 2.05) is 4.90 Å². The molecule has 3 rings (SSSR count). The van der Waals surface area contributed by atoms with Gasteiger partial charge in [0.1, 0.15) is 0 Å². The maximum atomic E-state index is 12.6. The molecule has 0 saturated carbocycles. The van der Waals surface area contributed by atoms with E-state index in [0.29, 0.717) is 12.1 Å². The van der Waals surface area contributed by atoms with E-state index in [4.69, 9.17) is 5.73 Å². The lowest BCUT2D eigenvalue weighted by molar-refractivity contribution is 0.0638. The van der Waals surface area contributed by atoms with Gasteiger partial charge in [0.05, 0.1) is 23.5 Å². The molecule has 0 aromatic carbocycles. The van der Waals surface area contributed by atoms with Crippen molar-refractivity contribution >= 4 is 11.4 Å². The van der Waals surface area contributed by atoms with Crippen molar-refractivity contribution in [3.8, 4) is 0 Å². The Morgan fingerprint density at radius 1 is 1.24 bits per heavy atom. The predicted molar refractivity (Wildman–Crippen MR) is 79.0 cm³/mol. The van der Waals surface area contributed by atoms with Gasteiger partial charge in [-0.3, -0.25) is 14.7 Å². The van der Waals surface area contributed by atoms with Gasteiger partial charge in [0.2, 0.25) is 0 Å². The molecule has 0 aliphatic carbocycles. The molecular formula is C14H20N6O. The minimum Gasteiger partial charge on any atom is -0.336 e. The minimum atomic E-state index is 0.0384. The Bertz CT molecular complexity index is 617. The average molecular weight is 288 g/mol. The van der Waals surface area contributed by atoms with Crippen LogP contribution in [0.4, 0.5) is 0 Å². The molecule has 2 N–H and O–H groups in total. The van der Waals surface area contributed by atoms with Crippen LogP contribution in [-0.2, 0) is 0 Å². The molecule has 3 heterocycles. The van der Waals surface area contributed by atoms with Crippen LogP contribution in [0.2, 0.25) is 0 Å².